The van der Waals surface area contributed by atoms with Gasteiger partial charge in [-0.05, 0) is 44.2 Å². The van der Waals surface area contributed by atoms with Gasteiger partial charge in [0, 0.05) is 29.5 Å². The molecule has 2 fully saturated rings. The Hall–Kier alpha value is -1.16. The molecule has 4 rings (SSSR count). The first-order valence-electron chi connectivity index (χ1n) is 10.2. The second kappa shape index (κ2) is 9.76. The molecule has 0 radical (unpaired) electrons. The summed E-state index contributed by atoms with van der Waals surface area (Å²) in [7, 11) is 1.99. The summed E-state index contributed by atoms with van der Waals surface area (Å²) < 4.78 is 3.20. The van der Waals surface area contributed by atoms with E-state index < -0.39 is 0 Å². The normalized spacial score (nSPS) is 18.4. The number of hydrogen-bond donors (Lipinski definition) is 2. The molecule has 0 aliphatic heterocycles. The summed E-state index contributed by atoms with van der Waals surface area (Å²) in [5.74, 6) is 2.69. The summed E-state index contributed by atoms with van der Waals surface area (Å²) >= 11 is 3.73. The summed E-state index contributed by atoms with van der Waals surface area (Å²) in [5.41, 5.74) is 1.60. The Kier molecular flexibility index (Phi) is 7.58. The van der Waals surface area contributed by atoms with Gasteiger partial charge in [-0.25, -0.2) is 4.99 Å². The predicted octanol–water partition coefficient (Wildman–Crippen LogP) is 4.21. The second-order valence-electron chi connectivity index (χ2n) is 8.13. The minimum Gasteiger partial charge on any atom is -0.355 e. The number of nitrogens with zero attached hydrogens (tertiary/aromatic N) is 4. The van der Waals surface area contributed by atoms with Gasteiger partial charge in [0.15, 0.2) is 11.8 Å². The first-order valence-corrected chi connectivity index (χ1v) is 11.0. The molecular formula is C21H30BrIN6. The fourth-order valence-corrected chi connectivity index (χ4v) is 4.70. The van der Waals surface area contributed by atoms with E-state index in [1.165, 1.54) is 48.6 Å². The van der Waals surface area contributed by atoms with Crippen LogP contribution in [0.1, 0.15) is 55.7 Å². The summed E-state index contributed by atoms with van der Waals surface area (Å²) in [4.78, 5) is 4.84. The number of nitrogens with one attached hydrogen (secondary N) is 2. The maximum Gasteiger partial charge on any atom is 0.191 e. The molecule has 0 atom stereocenters. The van der Waals surface area contributed by atoms with E-state index in [1.54, 1.807) is 0 Å². The van der Waals surface area contributed by atoms with Crippen molar-refractivity contribution in [2.45, 2.75) is 63.5 Å². The molecule has 0 amide bonds. The van der Waals surface area contributed by atoms with Crippen LogP contribution < -0.4 is 10.6 Å². The third-order valence-corrected chi connectivity index (χ3v) is 6.84. The summed E-state index contributed by atoms with van der Waals surface area (Å²) in [6, 6.07) is 9.10. The summed E-state index contributed by atoms with van der Waals surface area (Å²) in [5, 5.41) is 15.7. The zero-order valence-corrected chi connectivity index (χ0v) is 21.0. The number of guanidine groups is 1. The maximum absolute atomic E-state index is 4.84. The molecule has 0 bridgehead atoms. The highest BCUT2D eigenvalue weighted by atomic mass is 127. The molecule has 1 heterocycles. The zero-order valence-electron chi connectivity index (χ0n) is 17.1. The van der Waals surface area contributed by atoms with E-state index in [2.05, 4.69) is 61.0 Å². The molecule has 8 heteroatoms. The molecule has 1 aromatic carbocycles. The Morgan fingerprint density at radius 1 is 1.24 bits per heavy atom. The standard InChI is InChI=1S/C21H29BrN6.HI/c1-15-26-27-19(28(15)2)13-23-20(25-16-7-3-4-8-16)24-14-21(11-12-21)17-9-5-6-10-18(17)22;/h5-6,9-10,16H,3-4,7-8,11-14H2,1-2H3,(H2,23,24,25);1H. The van der Waals surface area contributed by atoms with Gasteiger partial charge in [-0.3, -0.25) is 0 Å². The van der Waals surface area contributed by atoms with Crippen molar-refractivity contribution in [3.05, 3.63) is 46.0 Å². The Labute approximate surface area is 198 Å². The average Bonchev–Trinajstić information content (AvgIpc) is 3.17. The molecule has 2 N–H and O–H groups in total. The van der Waals surface area contributed by atoms with Crippen molar-refractivity contribution in [1.29, 1.82) is 0 Å². The minimum atomic E-state index is 0. The van der Waals surface area contributed by atoms with E-state index in [9.17, 15) is 0 Å². The van der Waals surface area contributed by atoms with Gasteiger partial charge in [0.2, 0.25) is 0 Å². The Bertz CT molecular complexity index is 855. The molecule has 29 heavy (non-hydrogen) atoms. The molecule has 2 saturated carbocycles. The van der Waals surface area contributed by atoms with Crippen molar-refractivity contribution in [3.8, 4) is 0 Å². The van der Waals surface area contributed by atoms with Crippen LogP contribution in [0.4, 0.5) is 0 Å². The van der Waals surface area contributed by atoms with Crippen LogP contribution in [0.3, 0.4) is 0 Å². The smallest absolute Gasteiger partial charge is 0.191 e. The van der Waals surface area contributed by atoms with Crippen molar-refractivity contribution in [3.63, 3.8) is 0 Å². The third kappa shape index (κ3) is 5.31. The van der Waals surface area contributed by atoms with E-state index in [-0.39, 0.29) is 29.4 Å². The largest absolute Gasteiger partial charge is 0.355 e. The number of halogens is 2. The SMILES string of the molecule is Cc1nnc(CN=C(NCC2(c3ccccc3Br)CC2)NC2CCCC2)n1C.I. The monoisotopic (exact) mass is 572 g/mol. The molecule has 0 saturated heterocycles. The Morgan fingerprint density at radius 3 is 2.59 bits per heavy atom. The lowest BCUT2D eigenvalue weighted by Gasteiger charge is -2.22. The Balaban J connectivity index is 0.00000240. The zero-order chi connectivity index (χ0) is 19.6. The van der Waals surface area contributed by atoms with Crippen LogP contribution in [0.5, 0.6) is 0 Å². The molecule has 2 aliphatic rings. The molecule has 1 aromatic heterocycles. The van der Waals surface area contributed by atoms with Crippen LogP contribution in [-0.2, 0) is 19.0 Å². The van der Waals surface area contributed by atoms with Crippen LogP contribution in [0.2, 0.25) is 0 Å². The van der Waals surface area contributed by atoms with Gasteiger partial charge in [-0.15, -0.1) is 34.2 Å². The lowest BCUT2D eigenvalue weighted by Crippen LogP contribution is -2.45. The highest BCUT2D eigenvalue weighted by Gasteiger charge is 2.45. The van der Waals surface area contributed by atoms with Crippen LogP contribution in [0.25, 0.3) is 0 Å². The Morgan fingerprint density at radius 2 is 1.97 bits per heavy atom. The van der Waals surface area contributed by atoms with Gasteiger partial charge in [0.1, 0.15) is 12.4 Å². The molecule has 158 valence electrons. The van der Waals surface area contributed by atoms with Crippen molar-refractivity contribution < 1.29 is 0 Å². The van der Waals surface area contributed by atoms with Gasteiger partial charge in [-0.2, -0.15) is 0 Å². The fourth-order valence-electron chi connectivity index (χ4n) is 3.99. The maximum atomic E-state index is 4.84. The van der Waals surface area contributed by atoms with Crippen molar-refractivity contribution >= 4 is 45.9 Å². The summed E-state index contributed by atoms with van der Waals surface area (Å²) in [6.07, 6.45) is 7.46. The number of hydrogen-bond acceptors (Lipinski definition) is 3. The average molecular weight is 573 g/mol. The predicted molar refractivity (Wildman–Crippen MR) is 131 cm³/mol. The lowest BCUT2D eigenvalue weighted by molar-refractivity contribution is 0.589. The van der Waals surface area contributed by atoms with Gasteiger partial charge < -0.3 is 15.2 Å². The van der Waals surface area contributed by atoms with Crippen LogP contribution >= 0.6 is 39.9 Å². The van der Waals surface area contributed by atoms with Gasteiger partial charge >= 0.3 is 0 Å². The van der Waals surface area contributed by atoms with Crippen molar-refractivity contribution in [2.75, 3.05) is 6.54 Å². The van der Waals surface area contributed by atoms with Crippen molar-refractivity contribution in [1.82, 2.24) is 25.4 Å². The van der Waals surface area contributed by atoms with Gasteiger partial charge in [0.25, 0.3) is 0 Å². The molecular weight excluding hydrogens is 543 g/mol. The molecule has 0 unspecified atom stereocenters. The van der Waals surface area contributed by atoms with Gasteiger partial charge in [0.05, 0.1) is 0 Å². The van der Waals surface area contributed by atoms with Crippen LogP contribution in [-0.4, -0.2) is 33.3 Å². The van der Waals surface area contributed by atoms with Crippen molar-refractivity contribution in [2.24, 2.45) is 12.0 Å². The second-order valence-corrected chi connectivity index (χ2v) is 8.98. The topological polar surface area (TPSA) is 67.1 Å². The third-order valence-electron chi connectivity index (χ3n) is 6.15. The molecule has 2 aliphatic carbocycles. The molecule has 2 aromatic rings. The number of rotatable bonds is 6. The molecule has 6 nitrogen and oxygen atoms in total. The highest BCUT2D eigenvalue weighted by molar-refractivity contribution is 14.0. The number of aryl methyl sites for hydroxylation is 1. The first kappa shape index (κ1) is 22.5. The van der Waals surface area contributed by atoms with Crippen LogP contribution in [0.15, 0.2) is 33.7 Å². The fraction of sp³-hybridized carbons (Fsp3) is 0.571. The van der Waals surface area contributed by atoms with E-state index in [4.69, 9.17) is 4.99 Å². The summed E-state index contributed by atoms with van der Waals surface area (Å²) in [6.45, 7) is 3.39. The minimum absolute atomic E-state index is 0. The van der Waals surface area contributed by atoms with E-state index >= 15 is 0 Å². The van der Waals surface area contributed by atoms with E-state index in [1.807, 2.05) is 18.5 Å². The molecule has 0 spiro atoms. The number of benzene rings is 1. The van der Waals surface area contributed by atoms with E-state index in [0.717, 1.165) is 24.2 Å². The van der Waals surface area contributed by atoms with Crippen LogP contribution in [0, 0.1) is 6.92 Å². The quantitative estimate of drug-likeness (QED) is 0.309. The van der Waals surface area contributed by atoms with E-state index in [0.29, 0.717) is 12.6 Å². The number of aliphatic imine (C=N–C) groups is 1. The highest BCUT2D eigenvalue weighted by Crippen LogP contribution is 2.49. The van der Waals surface area contributed by atoms with Gasteiger partial charge in [-0.1, -0.05) is 47.0 Å². The first-order chi connectivity index (χ1) is 13.6. The lowest BCUT2D eigenvalue weighted by atomic mass is 9.96. The number of aromatic nitrogens is 3.